The van der Waals surface area contributed by atoms with Gasteiger partial charge in [-0.15, -0.1) is 6.58 Å². The standard InChI is InChI=1S/C11H12N2O/c1-2-9(12)7-3-4-10-8(11(7)14)5-6-13-10/h2-6,9,13-14H,1,12H2. The molecule has 72 valence electrons. The van der Waals surface area contributed by atoms with Crippen molar-refractivity contribution in [3.8, 4) is 5.75 Å². The fourth-order valence-corrected chi connectivity index (χ4v) is 1.53. The number of benzene rings is 1. The van der Waals surface area contributed by atoms with E-state index in [4.69, 9.17) is 5.73 Å². The summed E-state index contributed by atoms with van der Waals surface area (Å²) in [5.41, 5.74) is 7.37. The van der Waals surface area contributed by atoms with Gasteiger partial charge < -0.3 is 15.8 Å². The van der Waals surface area contributed by atoms with Crippen LogP contribution in [0.5, 0.6) is 5.75 Å². The van der Waals surface area contributed by atoms with Crippen LogP contribution in [0, 0.1) is 0 Å². The Morgan fingerprint density at radius 1 is 1.43 bits per heavy atom. The summed E-state index contributed by atoms with van der Waals surface area (Å²) < 4.78 is 0. The quantitative estimate of drug-likeness (QED) is 0.632. The smallest absolute Gasteiger partial charge is 0.130 e. The molecule has 0 aliphatic heterocycles. The highest BCUT2D eigenvalue weighted by molar-refractivity contribution is 5.87. The Morgan fingerprint density at radius 3 is 2.93 bits per heavy atom. The maximum Gasteiger partial charge on any atom is 0.130 e. The predicted molar refractivity (Wildman–Crippen MR) is 57.1 cm³/mol. The molecule has 0 amide bonds. The van der Waals surface area contributed by atoms with Crippen molar-refractivity contribution in [1.29, 1.82) is 0 Å². The molecule has 4 N–H and O–H groups in total. The number of phenolic OH excluding ortho intramolecular Hbond substituents is 1. The van der Waals surface area contributed by atoms with Crippen molar-refractivity contribution in [2.45, 2.75) is 6.04 Å². The van der Waals surface area contributed by atoms with E-state index in [1.165, 1.54) is 0 Å². The highest BCUT2D eigenvalue weighted by atomic mass is 16.3. The van der Waals surface area contributed by atoms with Gasteiger partial charge in [0.2, 0.25) is 0 Å². The number of hydrogen-bond donors (Lipinski definition) is 3. The summed E-state index contributed by atoms with van der Waals surface area (Å²) in [5.74, 6) is 0.233. The van der Waals surface area contributed by atoms with Gasteiger partial charge in [0.15, 0.2) is 0 Å². The normalized spacial score (nSPS) is 12.9. The molecule has 14 heavy (non-hydrogen) atoms. The molecule has 1 aromatic carbocycles. The Morgan fingerprint density at radius 2 is 2.21 bits per heavy atom. The first-order valence-electron chi connectivity index (χ1n) is 4.41. The zero-order valence-electron chi connectivity index (χ0n) is 7.70. The van der Waals surface area contributed by atoms with Gasteiger partial charge in [-0.1, -0.05) is 12.1 Å². The van der Waals surface area contributed by atoms with Crippen molar-refractivity contribution in [3.63, 3.8) is 0 Å². The van der Waals surface area contributed by atoms with Crippen LogP contribution in [-0.4, -0.2) is 10.1 Å². The number of rotatable bonds is 2. The summed E-state index contributed by atoms with van der Waals surface area (Å²) in [6, 6.07) is 5.20. The molecule has 0 aliphatic carbocycles. The van der Waals surface area contributed by atoms with Crippen LogP contribution < -0.4 is 5.73 Å². The summed E-state index contributed by atoms with van der Waals surface area (Å²) in [7, 11) is 0. The molecule has 3 heteroatoms. The molecule has 0 saturated heterocycles. The van der Waals surface area contributed by atoms with Crippen LogP contribution in [0.15, 0.2) is 37.1 Å². The third kappa shape index (κ3) is 1.18. The number of aromatic amines is 1. The minimum atomic E-state index is -0.325. The van der Waals surface area contributed by atoms with Gasteiger partial charge in [-0.3, -0.25) is 0 Å². The topological polar surface area (TPSA) is 62.0 Å². The molecule has 3 nitrogen and oxygen atoms in total. The average molecular weight is 188 g/mol. The van der Waals surface area contributed by atoms with Gasteiger partial charge >= 0.3 is 0 Å². The van der Waals surface area contributed by atoms with Gasteiger partial charge in [-0.05, 0) is 12.1 Å². The van der Waals surface area contributed by atoms with Crippen LogP contribution in [-0.2, 0) is 0 Å². The van der Waals surface area contributed by atoms with Crippen LogP contribution in [0.1, 0.15) is 11.6 Å². The number of nitrogens with one attached hydrogen (secondary N) is 1. The second kappa shape index (κ2) is 3.20. The minimum absolute atomic E-state index is 0.233. The van der Waals surface area contributed by atoms with Gasteiger partial charge in [0, 0.05) is 22.7 Å². The van der Waals surface area contributed by atoms with Crippen LogP contribution in [0.4, 0.5) is 0 Å². The van der Waals surface area contributed by atoms with E-state index in [0.717, 1.165) is 10.9 Å². The lowest BCUT2D eigenvalue weighted by Gasteiger charge is -2.09. The van der Waals surface area contributed by atoms with E-state index in [1.807, 2.05) is 12.1 Å². The molecule has 1 unspecified atom stereocenters. The van der Waals surface area contributed by atoms with Crippen LogP contribution in [0.25, 0.3) is 10.9 Å². The SMILES string of the molecule is C=CC(N)c1ccc2[nH]ccc2c1O. The Hall–Kier alpha value is -1.74. The molecule has 0 fully saturated rings. The number of hydrogen-bond acceptors (Lipinski definition) is 2. The monoisotopic (exact) mass is 188 g/mol. The van der Waals surface area contributed by atoms with Crippen LogP contribution >= 0.6 is 0 Å². The van der Waals surface area contributed by atoms with E-state index in [2.05, 4.69) is 11.6 Å². The average Bonchev–Trinajstić information content (AvgIpc) is 2.66. The molecule has 0 spiro atoms. The number of phenols is 1. The molecular formula is C11H12N2O. The van der Waals surface area contributed by atoms with Crippen molar-refractivity contribution < 1.29 is 5.11 Å². The Balaban J connectivity index is 2.67. The first-order chi connectivity index (χ1) is 6.74. The molecule has 0 radical (unpaired) electrons. The maximum atomic E-state index is 9.89. The molecule has 0 saturated carbocycles. The summed E-state index contributed by atoms with van der Waals surface area (Å²) >= 11 is 0. The summed E-state index contributed by atoms with van der Waals surface area (Å²) in [5, 5.41) is 10.7. The van der Waals surface area contributed by atoms with Crippen molar-refractivity contribution >= 4 is 10.9 Å². The van der Waals surface area contributed by atoms with E-state index in [9.17, 15) is 5.11 Å². The second-order valence-electron chi connectivity index (χ2n) is 3.20. The number of aromatic nitrogens is 1. The number of fused-ring (bicyclic) bond motifs is 1. The largest absolute Gasteiger partial charge is 0.507 e. The van der Waals surface area contributed by atoms with Gasteiger partial charge in [-0.2, -0.15) is 0 Å². The fourth-order valence-electron chi connectivity index (χ4n) is 1.53. The number of H-pyrrole nitrogens is 1. The Bertz CT molecular complexity index is 473. The van der Waals surface area contributed by atoms with Gasteiger partial charge in [0.1, 0.15) is 5.75 Å². The van der Waals surface area contributed by atoms with Crippen LogP contribution in [0.3, 0.4) is 0 Å². The zero-order valence-corrected chi connectivity index (χ0v) is 7.70. The Kier molecular flexibility index (Phi) is 2.02. The minimum Gasteiger partial charge on any atom is -0.507 e. The van der Waals surface area contributed by atoms with Crippen molar-refractivity contribution in [1.82, 2.24) is 4.98 Å². The first-order valence-corrected chi connectivity index (χ1v) is 4.41. The molecular weight excluding hydrogens is 176 g/mol. The number of aromatic hydroxyl groups is 1. The Labute approximate surface area is 81.9 Å². The number of nitrogens with two attached hydrogens (primary N) is 1. The molecule has 2 aromatic rings. The summed E-state index contributed by atoms with van der Waals surface area (Å²) in [4.78, 5) is 3.02. The van der Waals surface area contributed by atoms with E-state index in [1.54, 1.807) is 18.3 Å². The highest BCUT2D eigenvalue weighted by Crippen LogP contribution is 2.31. The summed E-state index contributed by atoms with van der Waals surface area (Å²) in [6.07, 6.45) is 3.39. The molecule has 1 heterocycles. The third-order valence-electron chi connectivity index (χ3n) is 2.35. The summed E-state index contributed by atoms with van der Waals surface area (Å²) in [6.45, 7) is 3.60. The highest BCUT2D eigenvalue weighted by Gasteiger charge is 2.10. The fraction of sp³-hybridized carbons (Fsp3) is 0.0909. The zero-order chi connectivity index (χ0) is 10.1. The van der Waals surface area contributed by atoms with Crippen molar-refractivity contribution in [3.05, 3.63) is 42.6 Å². The van der Waals surface area contributed by atoms with Crippen molar-refractivity contribution in [2.24, 2.45) is 5.73 Å². The molecule has 2 rings (SSSR count). The van der Waals surface area contributed by atoms with E-state index >= 15 is 0 Å². The van der Waals surface area contributed by atoms with Crippen LogP contribution in [0.2, 0.25) is 0 Å². The van der Waals surface area contributed by atoms with Gasteiger partial charge in [0.25, 0.3) is 0 Å². The molecule has 0 aliphatic rings. The lowest BCUT2D eigenvalue weighted by molar-refractivity contribution is 0.472. The van der Waals surface area contributed by atoms with Gasteiger partial charge in [0.05, 0.1) is 6.04 Å². The van der Waals surface area contributed by atoms with Gasteiger partial charge in [-0.25, -0.2) is 0 Å². The molecule has 1 atom stereocenters. The van der Waals surface area contributed by atoms with E-state index in [0.29, 0.717) is 5.56 Å². The lowest BCUT2D eigenvalue weighted by atomic mass is 10.0. The first kappa shape index (κ1) is 8.84. The lowest BCUT2D eigenvalue weighted by Crippen LogP contribution is -2.06. The molecule has 0 bridgehead atoms. The van der Waals surface area contributed by atoms with E-state index < -0.39 is 0 Å². The van der Waals surface area contributed by atoms with E-state index in [-0.39, 0.29) is 11.8 Å². The third-order valence-corrected chi connectivity index (χ3v) is 2.35. The maximum absolute atomic E-state index is 9.89. The second-order valence-corrected chi connectivity index (χ2v) is 3.20. The van der Waals surface area contributed by atoms with Crippen molar-refractivity contribution in [2.75, 3.05) is 0 Å². The molecule has 1 aromatic heterocycles. The predicted octanol–water partition coefficient (Wildman–Crippen LogP) is 2.06.